The van der Waals surface area contributed by atoms with Gasteiger partial charge in [-0.15, -0.1) is 0 Å². The maximum atomic E-state index is 10.7. The molecule has 0 fully saturated rings. The first-order chi connectivity index (χ1) is 11.7. The van der Waals surface area contributed by atoms with Crippen LogP contribution < -0.4 is 0 Å². The summed E-state index contributed by atoms with van der Waals surface area (Å²) in [5.74, 6) is -1.87. The van der Waals surface area contributed by atoms with Crippen molar-refractivity contribution in [2.24, 2.45) is 5.92 Å². The molecule has 0 spiro atoms. The smallest absolute Gasteiger partial charge is 0.303 e. The summed E-state index contributed by atoms with van der Waals surface area (Å²) in [5, 5.41) is 49.1. The molecule has 6 heteroatoms. The number of aliphatic carboxylic acids is 1. The van der Waals surface area contributed by atoms with E-state index in [9.17, 15) is 25.2 Å². The Bertz CT molecular complexity index is 683. The van der Waals surface area contributed by atoms with Crippen molar-refractivity contribution in [2.75, 3.05) is 6.61 Å². The van der Waals surface area contributed by atoms with E-state index in [1.165, 1.54) is 12.1 Å². The first kappa shape index (κ1) is 19.0. The Hall–Kier alpha value is -2.31. The highest BCUT2D eigenvalue weighted by Crippen LogP contribution is 2.46. The highest BCUT2D eigenvalue weighted by atomic mass is 16.4. The van der Waals surface area contributed by atoms with Crippen molar-refractivity contribution in [1.29, 1.82) is 0 Å². The number of phenols is 2. The van der Waals surface area contributed by atoms with Gasteiger partial charge in [0.25, 0.3) is 0 Å². The maximum Gasteiger partial charge on any atom is 0.303 e. The molecule has 5 N–H and O–H groups in total. The molecule has 1 aliphatic rings. The molecule has 0 heterocycles. The number of aromatic hydroxyl groups is 2. The van der Waals surface area contributed by atoms with Crippen LogP contribution in [0.2, 0.25) is 0 Å². The Balaban J connectivity index is 2.45. The van der Waals surface area contributed by atoms with Gasteiger partial charge in [0.1, 0.15) is 11.5 Å². The third-order valence-corrected chi connectivity index (χ3v) is 4.70. The van der Waals surface area contributed by atoms with Gasteiger partial charge in [0, 0.05) is 17.9 Å². The molecule has 25 heavy (non-hydrogen) atoms. The zero-order valence-electron chi connectivity index (χ0n) is 14.1. The summed E-state index contributed by atoms with van der Waals surface area (Å²) in [6.45, 7) is 5.44. The van der Waals surface area contributed by atoms with Gasteiger partial charge in [0.05, 0.1) is 12.7 Å². The fourth-order valence-corrected chi connectivity index (χ4v) is 3.36. The minimum atomic E-state index is -0.956. The van der Waals surface area contributed by atoms with Gasteiger partial charge in [0.15, 0.2) is 0 Å². The van der Waals surface area contributed by atoms with Gasteiger partial charge in [-0.2, -0.15) is 0 Å². The van der Waals surface area contributed by atoms with E-state index in [2.05, 4.69) is 6.58 Å². The van der Waals surface area contributed by atoms with E-state index >= 15 is 0 Å². The first-order valence-electron chi connectivity index (χ1n) is 8.16. The van der Waals surface area contributed by atoms with Gasteiger partial charge in [-0.3, -0.25) is 4.79 Å². The zero-order chi connectivity index (χ0) is 18.7. The summed E-state index contributed by atoms with van der Waals surface area (Å²) in [7, 11) is 0. The molecule has 1 unspecified atom stereocenters. The number of rotatable bonds is 6. The number of hydrogen-bond acceptors (Lipinski definition) is 5. The molecular weight excluding hydrogens is 324 g/mol. The third kappa shape index (κ3) is 4.21. The van der Waals surface area contributed by atoms with Gasteiger partial charge in [-0.25, -0.2) is 0 Å². The van der Waals surface area contributed by atoms with E-state index < -0.39 is 18.0 Å². The second kappa shape index (κ2) is 7.72. The maximum absolute atomic E-state index is 10.7. The second-order valence-corrected chi connectivity index (χ2v) is 6.57. The fourth-order valence-electron chi connectivity index (χ4n) is 3.36. The lowest BCUT2D eigenvalue weighted by molar-refractivity contribution is -0.136. The highest BCUT2D eigenvalue weighted by Gasteiger charge is 2.34. The van der Waals surface area contributed by atoms with Gasteiger partial charge < -0.3 is 25.5 Å². The quantitative estimate of drug-likeness (QED) is 0.502. The summed E-state index contributed by atoms with van der Waals surface area (Å²) >= 11 is 0. The largest absolute Gasteiger partial charge is 0.507 e. The summed E-state index contributed by atoms with van der Waals surface area (Å²) in [4.78, 5) is 10.7. The van der Waals surface area contributed by atoms with Gasteiger partial charge in [0.2, 0.25) is 0 Å². The third-order valence-electron chi connectivity index (χ3n) is 4.70. The van der Waals surface area contributed by atoms with Crippen LogP contribution in [-0.2, 0) is 11.2 Å². The Morgan fingerprint density at radius 1 is 1.28 bits per heavy atom. The predicted octanol–water partition coefficient (Wildman–Crippen LogP) is 2.07. The number of aliphatic hydroxyl groups excluding tert-OH is 2. The predicted molar refractivity (Wildman–Crippen MR) is 92.6 cm³/mol. The number of aliphatic hydroxyl groups is 2. The van der Waals surface area contributed by atoms with E-state index in [1.807, 2.05) is 6.92 Å². The summed E-state index contributed by atoms with van der Waals surface area (Å²) in [5.41, 5.74) is 2.06. The highest BCUT2D eigenvalue weighted by molar-refractivity contribution is 5.67. The molecule has 0 amide bonds. The van der Waals surface area contributed by atoms with Crippen molar-refractivity contribution in [3.8, 4) is 11.5 Å². The van der Waals surface area contributed by atoms with E-state index in [0.29, 0.717) is 23.1 Å². The lowest BCUT2D eigenvalue weighted by Crippen LogP contribution is -2.28. The standard InChI is InChI=1S/C19H24O6/c1-10(2)13-8-15(21)12(9-20)7-14(13)19-16(22)5-11(6-17(19)23)3-4-18(24)25/h5-7,13-15,20-23H,1,3-4,8-9H2,2H3,(H,24,25)/t13-,14+,15?/m0/s1. The Morgan fingerprint density at radius 2 is 1.88 bits per heavy atom. The molecule has 1 aliphatic carbocycles. The van der Waals surface area contributed by atoms with Gasteiger partial charge in [-0.05, 0) is 49.0 Å². The fraction of sp³-hybridized carbons (Fsp3) is 0.421. The number of carbonyl (C=O) groups is 1. The number of phenolic OH excluding ortho intramolecular Hbond substituents is 2. The van der Waals surface area contributed by atoms with Crippen LogP contribution >= 0.6 is 0 Å². The molecule has 0 saturated heterocycles. The molecule has 1 aromatic rings. The minimum absolute atomic E-state index is 0.100. The minimum Gasteiger partial charge on any atom is -0.507 e. The first-order valence-corrected chi connectivity index (χ1v) is 8.16. The SMILES string of the molecule is C=C(C)[C@@H]1CC(O)C(CO)=C[C@H]1c1c(O)cc(CCC(=O)O)cc1O. The topological polar surface area (TPSA) is 118 Å². The molecule has 1 aromatic carbocycles. The number of benzene rings is 1. The number of carboxylic acid groups (broad SMARTS) is 1. The summed E-state index contributed by atoms with van der Waals surface area (Å²) in [6, 6.07) is 2.90. The number of aryl methyl sites for hydroxylation is 1. The summed E-state index contributed by atoms with van der Waals surface area (Å²) in [6.07, 6.45) is 1.31. The monoisotopic (exact) mass is 348 g/mol. The molecule has 0 aromatic heterocycles. The normalized spacial score (nSPS) is 23.2. The molecule has 3 atom stereocenters. The Kier molecular flexibility index (Phi) is 5.87. The molecule has 6 nitrogen and oxygen atoms in total. The van der Waals surface area contributed by atoms with Crippen molar-refractivity contribution in [1.82, 2.24) is 0 Å². The van der Waals surface area contributed by atoms with Crippen LogP contribution in [0.3, 0.4) is 0 Å². The van der Waals surface area contributed by atoms with E-state index in [0.717, 1.165) is 5.57 Å². The van der Waals surface area contributed by atoms with Crippen LogP contribution in [0.4, 0.5) is 0 Å². The average Bonchev–Trinajstić information content (AvgIpc) is 2.53. The Labute approximate surface area is 146 Å². The van der Waals surface area contributed by atoms with E-state index in [1.54, 1.807) is 6.08 Å². The van der Waals surface area contributed by atoms with Crippen LogP contribution in [0.15, 0.2) is 35.9 Å². The summed E-state index contributed by atoms with van der Waals surface area (Å²) < 4.78 is 0. The van der Waals surface area contributed by atoms with Crippen LogP contribution in [0.5, 0.6) is 11.5 Å². The molecule has 2 rings (SSSR count). The van der Waals surface area contributed by atoms with Crippen molar-refractivity contribution < 1.29 is 30.3 Å². The number of carboxylic acids is 1. The molecule has 136 valence electrons. The molecular formula is C19H24O6. The van der Waals surface area contributed by atoms with Crippen LogP contribution in [0.25, 0.3) is 0 Å². The second-order valence-electron chi connectivity index (χ2n) is 6.57. The van der Waals surface area contributed by atoms with Crippen LogP contribution in [0.1, 0.15) is 36.8 Å². The molecule has 0 radical (unpaired) electrons. The Morgan fingerprint density at radius 3 is 2.36 bits per heavy atom. The molecule has 0 saturated carbocycles. The number of allylic oxidation sites excluding steroid dienone is 2. The molecule has 0 bridgehead atoms. The number of hydrogen-bond donors (Lipinski definition) is 5. The van der Waals surface area contributed by atoms with E-state index in [4.69, 9.17) is 5.11 Å². The van der Waals surface area contributed by atoms with Crippen molar-refractivity contribution in [3.63, 3.8) is 0 Å². The van der Waals surface area contributed by atoms with Gasteiger partial charge >= 0.3 is 5.97 Å². The average molecular weight is 348 g/mol. The lowest BCUT2D eigenvalue weighted by atomic mass is 9.72. The van der Waals surface area contributed by atoms with Crippen molar-refractivity contribution in [2.45, 2.75) is 38.2 Å². The van der Waals surface area contributed by atoms with Crippen LogP contribution in [0, 0.1) is 5.92 Å². The zero-order valence-corrected chi connectivity index (χ0v) is 14.1. The molecule has 0 aliphatic heterocycles. The lowest BCUT2D eigenvalue weighted by Gasteiger charge is -2.34. The van der Waals surface area contributed by atoms with Crippen molar-refractivity contribution >= 4 is 5.97 Å². The van der Waals surface area contributed by atoms with Crippen LogP contribution in [-0.4, -0.2) is 44.2 Å². The van der Waals surface area contributed by atoms with Crippen molar-refractivity contribution in [3.05, 3.63) is 47.1 Å². The van der Waals surface area contributed by atoms with E-state index in [-0.39, 0.29) is 36.9 Å². The van der Waals surface area contributed by atoms with Gasteiger partial charge in [-0.1, -0.05) is 18.2 Å².